The number of nitrogens with one attached hydrogen (secondary N) is 1. The molecule has 0 saturated carbocycles. The number of methoxy groups -OCH3 is 1. The number of hydrogen-bond acceptors (Lipinski definition) is 3. The van der Waals surface area contributed by atoms with E-state index in [0.29, 0.717) is 11.3 Å². The number of furan rings is 1. The molecule has 0 spiro atoms. The van der Waals surface area contributed by atoms with Crippen molar-refractivity contribution in [2.45, 2.75) is 0 Å². The number of H-pyrrole nitrogens is 1. The third-order valence-corrected chi connectivity index (χ3v) is 3.33. The first-order chi connectivity index (χ1) is 6.63. The minimum absolute atomic E-state index is 0.379. The van der Waals surface area contributed by atoms with E-state index in [0.717, 1.165) is 12.9 Å². The van der Waals surface area contributed by atoms with Gasteiger partial charge in [-0.25, -0.2) is 4.79 Å². The van der Waals surface area contributed by atoms with E-state index in [-0.39, 0.29) is 5.97 Å². The summed E-state index contributed by atoms with van der Waals surface area (Å²) in [5.74, 6) is -0.379. The number of hydrogen-bond donors (Lipinski definition) is 1. The largest absolute Gasteiger partial charge is 0.464 e. The molecule has 0 unspecified atom stereocenters. The summed E-state index contributed by atoms with van der Waals surface area (Å²) in [7, 11) is 1.35. The van der Waals surface area contributed by atoms with Crippen molar-refractivity contribution in [3.63, 3.8) is 0 Å². The number of ether oxygens (including phenoxy) is 1. The van der Waals surface area contributed by atoms with Crippen molar-refractivity contribution in [3.05, 3.63) is 19.1 Å². The highest BCUT2D eigenvalue weighted by Gasteiger charge is 2.19. The molecule has 0 aliphatic rings. The van der Waals surface area contributed by atoms with Crippen LogP contribution in [0.2, 0.25) is 0 Å². The average Bonchev–Trinajstić information content (AvgIpc) is 2.64. The molecule has 0 amide bonds. The molecule has 0 radical (unpaired) electrons. The molecule has 0 saturated heterocycles. The summed E-state index contributed by atoms with van der Waals surface area (Å²) < 4.78 is 11.6. The third-order valence-electron chi connectivity index (χ3n) is 1.77. The van der Waals surface area contributed by atoms with Gasteiger partial charge in [-0.15, -0.1) is 0 Å². The minimum atomic E-state index is -0.379. The summed E-state index contributed by atoms with van der Waals surface area (Å²) >= 11 is 4.14. The summed E-state index contributed by atoms with van der Waals surface area (Å²) in [6, 6.07) is 1.84. The lowest BCUT2D eigenvalue weighted by Crippen LogP contribution is -2.03. The molecule has 0 bridgehead atoms. The number of carbonyl (C=O) groups excluding carboxylic acids is 1. The molecule has 2 aromatic heterocycles. The van der Waals surface area contributed by atoms with E-state index in [4.69, 9.17) is 4.42 Å². The van der Waals surface area contributed by atoms with Crippen molar-refractivity contribution < 1.29 is 13.9 Å². The van der Waals surface area contributed by atoms with Crippen LogP contribution in [0.15, 0.2) is 10.5 Å². The maximum absolute atomic E-state index is 11.3. The number of aromatic amines is 1. The Morgan fingerprint density at radius 3 is 2.86 bits per heavy atom. The van der Waals surface area contributed by atoms with E-state index in [1.165, 1.54) is 7.11 Å². The highest BCUT2D eigenvalue weighted by atomic mass is 127. The van der Waals surface area contributed by atoms with Gasteiger partial charge >= 0.3 is 5.97 Å². The van der Waals surface area contributed by atoms with Crippen molar-refractivity contribution >= 4 is 62.3 Å². The molecule has 1 N–H and O–H groups in total. The van der Waals surface area contributed by atoms with Crippen molar-refractivity contribution in [3.8, 4) is 0 Å². The standard InChI is InChI=1S/C8H5I2NO3/c1-13-8(12)6-5(10)7-3(11-6)2-4(9)14-7/h2,11H,1H3. The molecule has 2 heterocycles. The smallest absolute Gasteiger partial charge is 0.355 e. The van der Waals surface area contributed by atoms with Crippen LogP contribution in [0, 0.1) is 7.34 Å². The fraction of sp³-hybridized carbons (Fsp3) is 0.125. The number of rotatable bonds is 1. The fourth-order valence-corrected chi connectivity index (χ4v) is 2.45. The second kappa shape index (κ2) is 3.72. The molecule has 2 aromatic rings. The van der Waals surface area contributed by atoms with Gasteiger partial charge in [-0.1, -0.05) is 0 Å². The lowest BCUT2D eigenvalue weighted by molar-refractivity contribution is 0.0594. The molecular weight excluding hydrogens is 412 g/mol. The van der Waals surface area contributed by atoms with Gasteiger partial charge in [-0.05, 0) is 45.2 Å². The molecule has 2 rings (SSSR count). The summed E-state index contributed by atoms with van der Waals surface area (Å²) in [5.41, 5.74) is 1.97. The van der Waals surface area contributed by atoms with E-state index in [1.807, 2.05) is 6.07 Å². The van der Waals surface area contributed by atoms with Gasteiger partial charge in [0.25, 0.3) is 0 Å². The van der Waals surface area contributed by atoms with Gasteiger partial charge in [-0.2, -0.15) is 0 Å². The van der Waals surface area contributed by atoms with Crippen LogP contribution < -0.4 is 0 Å². The highest BCUT2D eigenvalue weighted by molar-refractivity contribution is 14.1. The molecule has 0 atom stereocenters. The maximum atomic E-state index is 11.3. The summed E-state index contributed by atoms with van der Waals surface area (Å²) in [4.78, 5) is 14.2. The van der Waals surface area contributed by atoms with Crippen LogP contribution in [0.5, 0.6) is 0 Å². The quantitative estimate of drug-likeness (QED) is 0.574. The Morgan fingerprint density at radius 1 is 1.57 bits per heavy atom. The van der Waals surface area contributed by atoms with E-state index in [2.05, 4.69) is 54.9 Å². The van der Waals surface area contributed by atoms with Crippen LogP contribution in [0.25, 0.3) is 11.1 Å². The Morgan fingerprint density at radius 2 is 2.29 bits per heavy atom. The van der Waals surface area contributed by atoms with Crippen LogP contribution in [-0.4, -0.2) is 18.1 Å². The zero-order valence-corrected chi connectivity index (χ0v) is 11.4. The second-order valence-electron chi connectivity index (χ2n) is 2.60. The highest BCUT2D eigenvalue weighted by Crippen LogP contribution is 2.28. The lowest BCUT2D eigenvalue weighted by atomic mass is 10.4. The number of fused-ring (bicyclic) bond motifs is 1. The monoisotopic (exact) mass is 417 g/mol. The average molecular weight is 417 g/mol. The lowest BCUT2D eigenvalue weighted by Gasteiger charge is -1.94. The Balaban J connectivity index is 2.64. The Labute approximate surface area is 107 Å². The van der Waals surface area contributed by atoms with Gasteiger partial charge in [-0.3, -0.25) is 0 Å². The topological polar surface area (TPSA) is 55.2 Å². The first kappa shape index (κ1) is 10.3. The Hall–Kier alpha value is -0.250. The predicted octanol–water partition coefficient (Wildman–Crippen LogP) is 2.76. The first-order valence-electron chi connectivity index (χ1n) is 3.68. The van der Waals surface area contributed by atoms with Gasteiger partial charge in [0, 0.05) is 6.07 Å². The number of carbonyl (C=O) groups is 1. The van der Waals surface area contributed by atoms with Gasteiger partial charge < -0.3 is 14.1 Å². The van der Waals surface area contributed by atoms with Crippen molar-refractivity contribution in [2.24, 2.45) is 0 Å². The maximum Gasteiger partial charge on any atom is 0.355 e. The zero-order chi connectivity index (χ0) is 10.3. The number of halogens is 2. The molecular formula is C8H5I2NO3. The molecule has 6 heteroatoms. The zero-order valence-electron chi connectivity index (χ0n) is 7.06. The number of aromatic nitrogens is 1. The third kappa shape index (κ3) is 1.53. The minimum Gasteiger partial charge on any atom is -0.464 e. The second-order valence-corrected chi connectivity index (χ2v) is 4.74. The molecule has 14 heavy (non-hydrogen) atoms. The van der Waals surface area contributed by atoms with Crippen LogP contribution in [0.4, 0.5) is 0 Å². The number of esters is 1. The molecule has 4 nitrogen and oxygen atoms in total. The first-order valence-corrected chi connectivity index (χ1v) is 5.84. The van der Waals surface area contributed by atoms with Crippen LogP contribution >= 0.6 is 45.2 Å². The van der Waals surface area contributed by atoms with E-state index >= 15 is 0 Å². The normalized spacial score (nSPS) is 10.8. The fourth-order valence-electron chi connectivity index (χ4n) is 1.16. The predicted molar refractivity (Wildman–Crippen MR) is 67.3 cm³/mol. The molecule has 0 aliphatic carbocycles. The summed E-state index contributed by atoms with van der Waals surface area (Å²) in [5, 5.41) is 0. The molecule has 0 aliphatic heterocycles. The van der Waals surface area contributed by atoms with E-state index < -0.39 is 0 Å². The van der Waals surface area contributed by atoms with Gasteiger partial charge in [0.1, 0.15) is 5.69 Å². The van der Waals surface area contributed by atoms with E-state index in [1.54, 1.807) is 0 Å². The van der Waals surface area contributed by atoms with E-state index in [9.17, 15) is 4.79 Å². The van der Waals surface area contributed by atoms with Gasteiger partial charge in [0.2, 0.25) is 0 Å². The molecule has 0 aromatic carbocycles. The SMILES string of the molecule is COC(=O)c1[nH]c2cc(I)oc2c1I. The van der Waals surface area contributed by atoms with Crippen molar-refractivity contribution in [1.82, 2.24) is 4.98 Å². The van der Waals surface area contributed by atoms with Crippen LogP contribution in [-0.2, 0) is 4.74 Å². The van der Waals surface area contributed by atoms with Crippen molar-refractivity contribution in [2.75, 3.05) is 7.11 Å². The van der Waals surface area contributed by atoms with Gasteiger partial charge in [0.15, 0.2) is 9.35 Å². The van der Waals surface area contributed by atoms with Gasteiger partial charge in [0.05, 0.1) is 16.2 Å². The summed E-state index contributed by atoms with van der Waals surface area (Å²) in [6.07, 6.45) is 0. The van der Waals surface area contributed by atoms with Crippen LogP contribution in [0.1, 0.15) is 10.5 Å². The Kier molecular flexibility index (Phi) is 2.73. The molecule has 74 valence electrons. The Bertz CT molecular complexity index is 500. The van der Waals surface area contributed by atoms with Crippen LogP contribution in [0.3, 0.4) is 0 Å². The molecule has 0 fully saturated rings. The van der Waals surface area contributed by atoms with Crippen molar-refractivity contribution in [1.29, 1.82) is 0 Å². The summed E-state index contributed by atoms with van der Waals surface area (Å²) in [6.45, 7) is 0.